The van der Waals surface area contributed by atoms with Gasteiger partial charge in [-0.05, 0) is 17.7 Å². The smallest absolute Gasteiger partial charge is 0.285 e. The largest absolute Gasteiger partial charge is 0.497 e. The molecule has 134 valence electrons. The Kier molecular flexibility index (Phi) is 5.91. The number of hydrogen-bond acceptors (Lipinski definition) is 6. The first kappa shape index (κ1) is 17.7. The Labute approximate surface area is 150 Å². The van der Waals surface area contributed by atoms with E-state index in [1.165, 1.54) is 6.20 Å². The first-order chi connectivity index (χ1) is 12.2. The van der Waals surface area contributed by atoms with Crippen LogP contribution >= 0.6 is 11.6 Å². The van der Waals surface area contributed by atoms with E-state index in [1.54, 1.807) is 7.11 Å². The van der Waals surface area contributed by atoms with Gasteiger partial charge < -0.3 is 14.8 Å². The fraction of sp³-hybridized carbons (Fsp3) is 0.412. The number of methoxy groups -OCH3 is 1. The molecule has 8 heteroatoms. The van der Waals surface area contributed by atoms with E-state index in [2.05, 4.69) is 32.5 Å². The number of morpholine rings is 1. The molecule has 2 aromatic rings. The molecule has 0 aliphatic carbocycles. The van der Waals surface area contributed by atoms with Gasteiger partial charge in [0.05, 0.1) is 38.2 Å². The maximum Gasteiger partial charge on any atom is 0.285 e. The molecule has 7 nitrogen and oxygen atoms in total. The van der Waals surface area contributed by atoms with Crippen LogP contribution in [-0.2, 0) is 4.74 Å². The molecule has 1 saturated heterocycles. The summed E-state index contributed by atoms with van der Waals surface area (Å²) in [6.07, 6.45) is 1.52. The van der Waals surface area contributed by atoms with Crippen LogP contribution in [0.2, 0.25) is 5.02 Å². The normalized spacial score (nSPS) is 16.4. The van der Waals surface area contributed by atoms with Gasteiger partial charge in [0, 0.05) is 19.6 Å². The number of ether oxygens (including phenoxy) is 2. The molecule has 25 heavy (non-hydrogen) atoms. The van der Waals surface area contributed by atoms with Crippen molar-refractivity contribution in [2.45, 2.75) is 6.04 Å². The highest BCUT2D eigenvalue weighted by Crippen LogP contribution is 2.25. The summed E-state index contributed by atoms with van der Waals surface area (Å²) in [6, 6.07) is 8.12. The van der Waals surface area contributed by atoms with Gasteiger partial charge in [0.2, 0.25) is 0 Å². The maximum atomic E-state index is 11.6. The molecular weight excluding hydrogens is 344 g/mol. The van der Waals surface area contributed by atoms with Gasteiger partial charge >= 0.3 is 0 Å². The number of aromatic amines is 1. The van der Waals surface area contributed by atoms with Gasteiger partial charge in [0.15, 0.2) is 0 Å². The lowest BCUT2D eigenvalue weighted by Crippen LogP contribution is -2.41. The molecule has 3 rings (SSSR count). The van der Waals surface area contributed by atoms with Crippen LogP contribution in [0.25, 0.3) is 0 Å². The Bertz CT molecular complexity index is 744. The van der Waals surface area contributed by atoms with Crippen molar-refractivity contribution in [2.24, 2.45) is 0 Å². The van der Waals surface area contributed by atoms with Crippen molar-refractivity contribution < 1.29 is 9.47 Å². The Morgan fingerprint density at radius 1 is 1.36 bits per heavy atom. The maximum absolute atomic E-state index is 11.6. The van der Waals surface area contributed by atoms with Gasteiger partial charge in [0.25, 0.3) is 5.56 Å². The Morgan fingerprint density at radius 3 is 2.76 bits per heavy atom. The summed E-state index contributed by atoms with van der Waals surface area (Å²) in [5, 5.41) is 9.48. The fourth-order valence-corrected chi connectivity index (χ4v) is 3.04. The molecule has 0 amide bonds. The fourth-order valence-electron chi connectivity index (χ4n) is 2.89. The number of rotatable bonds is 6. The van der Waals surface area contributed by atoms with Crippen LogP contribution in [0.15, 0.2) is 35.3 Å². The molecule has 2 heterocycles. The number of aromatic nitrogens is 2. The molecule has 0 saturated carbocycles. The molecule has 0 unspecified atom stereocenters. The number of benzene rings is 1. The molecular formula is C17H21ClN4O3. The van der Waals surface area contributed by atoms with E-state index < -0.39 is 5.56 Å². The van der Waals surface area contributed by atoms with Crippen molar-refractivity contribution in [3.05, 3.63) is 51.4 Å². The Hall–Kier alpha value is -2.09. The first-order valence-electron chi connectivity index (χ1n) is 8.12. The third kappa shape index (κ3) is 4.31. The van der Waals surface area contributed by atoms with Crippen LogP contribution in [-0.4, -0.2) is 55.1 Å². The molecule has 1 fully saturated rings. The molecule has 0 spiro atoms. The number of nitrogens with one attached hydrogen (secondary N) is 2. The van der Waals surface area contributed by atoms with Crippen molar-refractivity contribution in [1.82, 2.24) is 15.1 Å². The van der Waals surface area contributed by atoms with Crippen LogP contribution in [0.3, 0.4) is 0 Å². The average molecular weight is 365 g/mol. The molecule has 1 aliphatic rings. The lowest BCUT2D eigenvalue weighted by molar-refractivity contribution is 0.0187. The third-order valence-electron chi connectivity index (χ3n) is 4.27. The summed E-state index contributed by atoms with van der Waals surface area (Å²) in [6.45, 7) is 3.70. The summed E-state index contributed by atoms with van der Waals surface area (Å²) >= 11 is 6.05. The number of H-pyrrole nitrogens is 1. The zero-order chi connectivity index (χ0) is 17.6. The summed E-state index contributed by atoms with van der Waals surface area (Å²) in [4.78, 5) is 13.9. The highest BCUT2D eigenvalue weighted by atomic mass is 35.5. The second-order valence-corrected chi connectivity index (χ2v) is 6.12. The van der Waals surface area contributed by atoms with E-state index in [4.69, 9.17) is 21.1 Å². The van der Waals surface area contributed by atoms with Gasteiger partial charge in [-0.25, -0.2) is 5.10 Å². The minimum atomic E-state index is -0.404. The minimum Gasteiger partial charge on any atom is -0.497 e. The monoisotopic (exact) mass is 364 g/mol. The van der Waals surface area contributed by atoms with Crippen molar-refractivity contribution in [3.63, 3.8) is 0 Å². The number of nitrogens with zero attached hydrogens (tertiary/aromatic N) is 2. The highest BCUT2D eigenvalue weighted by Gasteiger charge is 2.23. The van der Waals surface area contributed by atoms with Crippen LogP contribution < -0.4 is 15.6 Å². The predicted octanol–water partition coefficient (Wildman–Crippen LogP) is 1.92. The van der Waals surface area contributed by atoms with Crippen LogP contribution in [0.4, 0.5) is 5.69 Å². The van der Waals surface area contributed by atoms with Gasteiger partial charge in [-0.2, -0.15) is 5.10 Å². The summed E-state index contributed by atoms with van der Waals surface area (Å²) in [5.41, 5.74) is 1.28. The number of hydrogen-bond donors (Lipinski definition) is 2. The van der Waals surface area contributed by atoms with E-state index in [1.807, 2.05) is 12.1 Å². The first-order valence-corrected chi connectivity index (χ1v) is 8.49. The second-order valence-electron chi connectivity index (χ2n) is 5.74. The van der Waals surface area contributed by atoms with Crippen LogP contribution in [0.1, 0.15) is 11.6 Å². The predicted molar refractivity (Wildman–Crippen MR) is 96.5 cm³/mol. The topological polar surface area (TPSA) is 79.5 Å². The van der Waals surface area contributed by atoms with Crippen LogP contribution in [0, 0.1) is 0 Å². The quantitative estimate of drug-likeness (QED) is 0.815. The molecule has 1 atom stereocenters. The lowest BCUT2D eigenvalue weighted by Gasteiger charge is -2.35. The second kappa shape index (κ2) is 8.33. The minimum absolute atomic E-state index is 0.116. The van der Waals surface area contributed by atoms with Crippen molar-refractivity contribution in [3.8, 4) is 5.75 Å². The van der Waals surface area contributed by atoms with Gasteiger partial charge in [-0.15, -0.1) is 0 Å². The SMILES string of the molecule is COc1ccc([C@H](CNc2cn[nH]c(=O)c2Cl)N2CCOCC2)cc1. The molecule has 1 aromatic heterocycles. The Balaban J connectivity index is 1.80. The number of halogens is 1. The lowest BCUT2D eigenvalue weighted by atomic mass is 10.0. The number of anilines is 1. The molecule has 1 aliphatic heterocycles. The third-order valence-corrected chi connectivity index (χ3v) is 4.64. The summed E-state index contributed by atoms with van der Waals surface area (Å²) in [7, 11) is 1.65. The van der Waals surface area contributed by atoms with E-state index in [9.17, 15) is 4.79 Å². The molecule has 2 N–H and O–H groups in total. The van der Waals surface area contributed by atoms with E-state index >= 15 is 0 Å². The standard InChI is InChI=1S/C17H21ClN4O3/c1-24-13-4-2-12(3-5-13)15(22-6-8-25-9-7-22)11-19-14-10-20-21-17(23)16(14)18/h2-5,10,15H,6-9,11H2,1H3,(H2,19,21,23)/t15-/m0/s1. The zero-order valence-electron chi connectivity index (χ0n) is 14.0. The summed E-state index contributed by atoms with van der Waals surface area (Å²) < 4.78 is 10.7. The average Bonchev–Trinajstić information content (AvgIpc) is 2.66. The van der Waals surface area contributed by atoms with Gasteiger partial charge in [-0.3, -0.25) is 9.69 Å². The molecule has 1 aromatic carbocycles. The van der Waals surface area contributed by atoms with Gasteiger partial charge in [0.1, 0.15) is 10.8 Å². The molecule has 0 radical (unpaired) electrons. The summed E-state index contributed by atoms with van der Waals surface area (Å²) in [5.74, 6) is 0.819. The van der Waals surface area contributed by atoms with E-state index in [0.29, 0.717) is 25.4 Å². The van der Waals surface area contributed by atoms with Gasteiger partial charge in [-0.1, -0.05) is 23.7 Å². The van der Waals surface area contributed by atoms with Crippen LogP contribution in [0.5, 0.6) is 5.75 Å². The van der Waals surface area contributed by atoms with Crippen molar-refractivity contribution in [2.75, 3.05) is 45.3 Å². The van der Waals surface area contributed by atoms with Crippen molar-refractivity contribution in [1.29, 1.82) is 0 Å². The Morgan fingerprint density at radius 2 is 2.08 bits per heavy atom. The molecule has 0 bridgehead atoms. The zero-order valence-corrected chi connectivity index (χ0v) is 14.8. The van der Waals surface area contributed by atoms with E-state index in [-0.39, 0.29) is 11.1 Å². The highest BCUT2D eigenvalue weighted by molar-refractivity contribution is 6.32. The van der Waals surface area contributed by atoms with E-state index in [0.717, 1.165) is 24.4 Å². The van der Waals surface area contributed by atoms with Crippen molar-refractivity contribution >= 4 is 17.3 Å².